The zero-order valence-electron chi connectivity index (χ0n) is 11.7. The lowest BCUT2D eigenvalue weighted by Crippen LogP contribution is -2.33. The van der Waals surface area contributed by atoms with E-state index in [-0.39, 0.29) is 19.8 Å². The largest absolute Gasteiger partial charge is 0.359 e. The Morgan fingerprint density at radius 1 is 1.25 bits per heavy atom. The predicted octanol–water partition coefficient (Wildman–Crippen LogP) is 0.683. The van der Waals surface area contributed by atoms with Crippen molar-refractivity contribution in [2.45, 2.75) is 26.2 Å². The van der Waals surface area contributed by atoms with Gasteiger partial charge in [-0.15, -0.1) is 0 Å². The molecule has 0 amide bonds. The van der Waals surface area contributed by atoms with Crippen molar-refractivity contribution in [1.82, 2.24) is 13.9 Å². The van der Waals surface area contributed by atoms with Gasteiger partial charge in [0.1, 0.15) is 0 Å². The van der Waals surface area contributed by atoms with Crippen molar-refractivity contribution in [2.24, 2.45) is 7.05 Å². The van der Waals surface area contributed by atoms with Crippen molar-refractivity contribution in [3.63, 3.8) is 0 Å². The van der Waals surface area contributed by atoms with Crippen LogP contribution in [0.5, 0.6) is 0 Å². The molecule has 1 atom stereocenters. The van der Waals surface area contributed by atoms with Gasteiger partial charge in [-0.1, -0.05) is 12.2 Å². The van der Waals surface area contributed by atoms with E-state index in [1.165, 1.54) is 11.7 Å². The SMILES string of the molecule is CCOP(=O)(OCC)C1C=CCn2c(=O)n(C)c(=O)n21. The van der Waals surface area contributed by atoms with Crippen molar-refractivity contribution >= 4 is 7.60 Å². The summed E-state index contributed by atoms with van der Waals surface area (Å²) < 4.78 is 26.7. The summed E-state index contributed by atoms with van der Waals surface area (Å²) in [7, 11) is -2.18. The second-order valence-electron chi connectivity index (χ2n) is 4.27. The summed E-state index contributed by atoms with van der Waals surface area (Å²) >= 11 is 0. The van der Waals surface area contributed by atoms with Gasteiger partial charge in [0.05, 0.1) is 19.8 Å². The summed E-state index contributed by atoms with van der Waals surface area (Å²) in [6, 6.07) is 0. The molecule has 8 nitrogen and oxygen atoms in total. The highest BCUT2D eigenvalue weighted by Gasteiger charge is 2.39. The average molecular weight is 303 g/mol. The average Bonchev–Trinajstić information content (AvgIpc) is 2.64. The maximum atomic E-state index is 12.8. The van der Waals surface area contributed by atoms with Crippen molar-refractivity contribution in [3.8, 4) is 0 Å². The smallest absolute Gasteiger partial charge is 0.307 e. The summed E-state index contributed by atoms with van der Waals surface area (Å²) in [6.45, 7) is 4.02. The van der Waals surface area contributed by atoms with Gasteiger partial charge >= 0.3 is 19.0 Å². The normalized spacial score (nSPS) is 18.2. The number of rotatable bonds is 5. The standard InChI is InChI=1S/C11H18N3O5P/c1-4-18-20(17,19-5-2)9-7-6-8-13-10(15)12(3)11(16)14(9)13/h6-7,9H,4-5,8H2,1-3H3. The monoisotopic (exact) mass is 303 g/mol. The quantitative estimate of drug-likeness (QED) is 0.590. The number of allylic oxidation sites excluding steroid dienone is 2. The maximum Gasteiger partial charge on any atom is 0.359 e. The first-order valence-corrected chi connectivity index (χ1v) is 8.01. The number of hydrogen-bond acceptors (Lipinski definition) is 5. The van der Waals surface area contributed by atoms with Crippen LogP contribution in [0.1, 0.15) is 19.6 Å². The van der Waals surface area contributed by atoms with Gasteiger partial charge in [-0.25, -0.2) is 23.5 Å². The molecule has 0 radical (unpaired) electrons. The number of fused-ring (bicyclic) bond motifs is 1. The first-order chi connectivity index (χ1) is 9.46. The Balaban J connectivity index is 2.60. The van der Waals surface area contributed by atoms with Crippen LogP contribution in [0.4, 0.5) is 0 Å². The summed E-state index contributed by atoms with van der Waals surface area (Å²) in [5.74, 6) is -0.919. The van der Waals surface area contributed by atoms with Crippen LogP contribution in [0.2, 0.25) is 0 Å². The Kier molecular flexibility index (Phi) is 4.17. The summed E-state index contributed by atoms with van der Waals surface area (Å²) in [6.07, 6.45) is 3.27. The van der Waals surface area contributed by atoms with Crippen molar-refractivity contribution < 1.29 is 13.6 Å². The number of nitrogens with zero attached hydrogens (tertiary/aromatic N) is 3. The molecule has 0 aliphatic carbocycles. The Morgan fingerprint density at radius 2 is 1.85 bits per heavy atom. The van der Waals surface area contributed by atoms with E-state index < -0.39 is 24.8 Å². The molecule has 0 saturated carbocycles. The third-order valence-corrected chi connectivity index (χ3v) is 5.31. The van der Waals surface area contributed by atoms with Gasteiger partial charge in [-0.3, -0.25) is 4.57 Å². The first kappa shape index (κ1) is 15.0. The molecule has 9 heteroatoms. The van der Waals surface area contributed by atoms with Crippen LogP contribution < -0.4 is 11.4 Å². The molecule has 1 aliphatic heterocycles. The van der Waals surface area contributed by atoms with Crippen LogP contribution in [0, 0.1) is 0 Å². The van der Waals surface area contributed by atoms with E-state index >= 15 is 0 Å². The molecule has 0 fully saturated rings. The molecule has 112 valence electrons. The second-order valence-corrected chi connectivity index (χ2v) is 6.39. The van der Waals surface area contributed by atoms with E-state index in [1.807, 2.05) is 0 Å². The number of hydrogen-bond donors (Lipinski definition) is 0. The summed E-state index contributed by atoms with van der Waals surface area (Å²) in [5, 5.41) is 0. The highest BCUT2D eigenvalue weighted by Crippen LogP contribution is 2.59. The highest BCUT2D eigenvalue weighted by atomic mass is 31.2. The lowest BCUT2D eigenvalue weighted by molar-refractivity contribution is 0.203. The Bertz CT molecular complexity index is 673. The van der Waals surface area contributed by atoms with E-state index in [4.69, 9.17) is 9.05 Å². The molecule has 1 aliphatic rings. The van der Waals surface area contributed by atoms with Gasteiger partial charge in [-0.2, -0.15) is 0 Å². The molecule has 1 unspecified atom stereocenters. The van der Waals surface area contributed by atoms with Crippen molar-refractivity contribution in [3.05, 3.63) is 33.1 Å². The molecule has 20 heavy (non-hydrogen) atoms. The third kappa shape index (κ3) is 2.24. The molecule has 2 heterocycles. The Morgan fingerprint density at radius 3 is 2.40 bits per heavy atom. The van der Waals surface area contributed by atoms with E-state index in [1.54, 1.807) is 26.0 Å². The fourth-order valence-electron chi connectivity index (χ4n) is 2.18. The molecular weight excluding hydrogens is 285 g/mol. The van der Waals surface area contributed by atoms with Gasteiger partial charge in [-0.05, 0) is 13.8 Å². The molecular formula is C11H18N3O5P. The first-order valence-electron chi connectivity index (χ1n) is 6.40. The summed E-state index contributed by atoms with van der Waals surface area (Å²) in [5.41, 5.74) is -0.993. The fraction of sp³-hybridized carbons (Fsp3) is 0.636. The Hall–Kier alpha value is -1.37. The molecule has 0 spiro atoms. The van der Waals surface area contributed by atoms with Gasteiger partial charge in [0, 0.05) is 7.05 Å². The van der Waals surface area contributed by atoms with Crippen LogP contribution in [-0.2, 0) is 27.2 Å². The molecule has 2 rings (SSSR count). The van der Waals surface area contributed by atoms with E-state index in [2.05, 4.69) is 0 Å². The zero-order valence-corrected chi connectivity index (χ0v) is 12.6. The third-order valence-electron chi connectivity index (χ3n) is 3.03. The minimum atomic E-state index is -3.56. The van der Waals surface area contributed by atoms with Crippen LogP contribution in [-0.4, -0.2) is 27.1 Å². The topological polar surface area (TPSA) is 84.5 Å². The lowest BCUT2D eigenvalue weighted by Gasteiger charge is -2.27. The minimum Gasteiger partial charge on any atom is -0.307 e. The van der Waals surface area contributed by atoms with Gasteiger partial charge < -0.3 is 9.05 Å². The van der Waals surface area contributed by atoms with E-state index in [0.29, 0.717) is 0 Å². The van der Waals surface area contributed by atoms with Crippen LogP contribution >= 0.6 is 7.60 Å². The summed E-state index contributed by atoms with van der Waals surface area (Å²) in [4.78, 5) is 24.1. The van der Waals surface area contributed by atoms with Crippen LogP contribution in [0.3, 0.4) is 0 Å². The predicted molar refractivity (Wildman–Crippen MR) is 73.0 cm³/mol. The van der Waals surface area contributed by atoms with E-state index in [9.17, 15) is 14.2 Å². The maximum absolute atomic E-state index is 12.8. The highest BCUT2D eigenvalue weighted by molar-refractivity contribution is 7.54. The molecule has 0 bridgehead atoms. The fourth-order valence-corrected chi connectivity index (χ4v) is 4.10. The Labute approximate surface area is 115 Å². The second kappa shape index (κ2) is 5.55. The van der Waals surface area contributed by atoms with Crippen LogP contribution in [0.15, 0.2) is 21.7 Å². The van der Waals surface area contributed by atoms with Crippen molar-refractivity contribution in [2.75, 3.05) is 13.2 Å². The van der Waals surface area contributed by atoms with Gasteiger partial charge in [0.15, 0.2) is 5.78 Å². The molecule has 0 aromatic carbocycles. The minimum absolute atomic E-state index is 0.188. The zero-order chi connectivity index (χ0) is 14.9. The molecule has 1 aromatic heterocycles. The molecule has 1 aromatic rings. The molecule has 0 N–H and O–H groups in total. The van der Waals surface area contributed by atoms with Gasteiger partial charge in [0.2, 0.25) is 0 Å². The van der Waals surface area contributed by atoms with Gasteiger partial charge in [0.25, 0.3) is 0 Å². The molecule has 0 saturated heterocycles. The van der Waals surface area contributed by atoms with E-state index in [0.717, 1.165) is 9.25 Å². The number of aromatic nitrogens is 3. The van der Waals surface area contributed by atoms with Crippen molar-refractivity contribution in [1.29, 1.82) is 0 Å². The van der Waals surface area contributed by atoms with Crippen LogP contribution in [0.25, 0.3) is 0 Å². The lowest BCUT2D eigenvalue weighted by atomic mass is 10.4.